The Morgan fingerprint density at radius 3 is 2.58 bits per heavy atom. The van der Waals surface area contributed by atoms with Crippen LogP contribution in [0.4, 0.5) is 0 Å². The van der Waals surface area contributed by atoms with Gasteiger partial charge in [-0.1, -0.05) is 34.1 Å². The number of benzene rings is 1. The molecule has 102 valence electrons. The Morgan fingerprint density at radius 1 is 1.32 bits per heavy atom. The number of hydrogen-bond donors (Lipinski definition) is 1. The van der Waals surface area contributed by atoms with Gasteiger partial charge in [0, 0.05) is 16.9 Å². The molecule has 0 radical (unpaired) electrons. The maximum Gasteiger partial charge on any atom is 0.323 e. The first-order chi connectivity index (χ1) is 9.08. The zero-order chi connectivity index (χ0) is 13.8. The first-order valence-corrected chi connectivity index (χ1v) is 7.12. The van der Waals surface area contributed by atoms with Gasteiger partial charge in [-0.2, -0.15) is 0 Å². The molecule has 0 heterocycles. The molecule has 1 saturated carbocycles. The number of hydrogen-bond acceptors (Lipinski definition) is 2. The van der Waals surface area contributed by atoms with Crippen molar-refractivity contribution in [3.05, 3.63) is 34.3 Å². The van der Waals surface area contributed by atoms with Crippen LogP contribution in [-0.2, 0) is 16.0 Å². The number of nitrogens with zero attached hydrogens (tertiary/aromatic N) is 1. The maximum absolute atomic E-state index is 12.1. The van der Waals surface area contributed by atoms with E-state index in [9.17, 15) is 9.59 Å². The SMILES string of the molecule is O=C(O)CN(C(=O)CCc1ccccc1Br)C1CC1. The number of carbonyl (C=O) groups excluding carboxylic acids is 1. The van der Waals surface area contributed by atoms with E-state index >= 15 is 0 Å². The predicted octanol–water partition coefficient (Wildman–Crippen LogP) is 2.46. The summed E-state index contributed by atoms with van der Waals surface area (Å²) in [5.74, 6) is -1.01. The van der Waals surface area contributed by atoms with Gasteiger partial charge in [-0.25, -0.2) is 0 Å². The van der Waals surface area contributed by atoms with E-state index in [1.807, 2.05) is 24.3 Å². The number of aliphatic carboxylic acids is 1. The van der Waals surface area contributed by atoms with Crippen LogP contribution in [0.3, 0.4) is 0 Å². The molecule has 1 N–H and O–H groups in total. The highest BCUT2D eigenvalue weighted by Crippen LogP contribution is 2.27. The Bertz CT molecular complexity index is 485. The molecule has 1 fully saturated rings. The number of rotatable bonds is 6. The summed E-state index contributed by atoms with van der Waals surface area (Å²) < 4.78 is 0.985. The second-order valence-corrected chi connectivity index (χ2v) is 5.59. The molecule has 4 nitrogen and oxygen atoms in total. The van der Waals surface area contributed by atoms with E-state index < -0.39 is 5.97 Å². The van der Waals surface area contributed by atoms with E-state index in [2.05, 4.69) is 15.9 Å². The van der Waals surface area contributed by atoms with E-state index in [-0.39, 0.29) is 18.5 Å². The topological polar surface area (TPSA) is 57.6 Å². The van der Waals surface area contributed by atoms with Crippen LogP contribution in [0, 0.1) is 0 Å². The number of carbonyl (C=O) groups is 2. The molecule has 0 spiro atoms. The molecule has 2 rings (SSSR count). The molecule has 1 amide bonds. The summed E-state index contributed by atoms with van der Waals surface area (Å²) in [6.07, 6.45) is 2.83. The first-order valence-electron chi connectivity index (χ1n) is 6.32. The lowest BCUT2D eigenvalue weighted by Gasteiger charge is -2.20. The Hall–Kier alpha value is -1.36. The smallest absolute Gasteiger partial charge is 0.323 e. The van der Waals surface area contributed by atoms with Gasteiger partial charge in [0.1, 0.15) is 6.54 Å². The Labute approximate surface area is 120 Å². The van der Waals surface area contributed by atoms with Crippen molar-refractivity contribution >= 4 is 27.8 Å². The highest BCUT2D eigenvalue weighted by molar-refractivity contribution is 9.10. The lowest BCUT2D eigenvalue weighted by atomic mass is 10.1. The fourth-order valence-corrected chi connectivity index (χ4v) is 2.52. The standard InChI is InChI=1S/C14H16BrNO3/c15-12-4-2-1-3-10(12)5-8-13(17)16(9-14(18)19)11-6-7-11/h1-4,11H,5-9H2,(H,18,19). The summed E-state index contributed by atoms with van der Waals surface area (Å²) in [7, 11) is 0. The molecule has 0 aromatic heterocycles. The van der Waals surface area contributed by atoms with Crippen LogP contribution in [0.5, 0.6) is 0 Å². The van der Waals surface area contributed by atoms with Crippen molar-refractivity contribution in [2.45, 2.75) is 31.7 Å². The first kappa shape index (κ1) is 14.1. The fraction of sp³-hybridized carbons (Fsp3) is 0.429. The van der Waals surface area contributed by atoms with Crippen LogP contribution in [0.25, 0.3) is 0 Å². The van der Waals surface area contributed by atoms with Crippen LogP contribution < -0.4 is 0 Å². The van der Waals surface area contributed by atoms with Gasteiger partial charge in [0.15, 0.2) is 0 Å². The third-order valence-electron chi connectivity index (χ3n) is 3.18. The third kappa shape index (κ3) is 4.06. The number of amides is 1. The molecule has 1 aromatic carbocycles. The minimum absolute atomic E-state index is 0.0688. The van der Waals surface area contributed by atoms with E-state index in [0.29, 0.717) is 12.8 Å². The van der Waals surface area contributed by atoms with E-state index in [1.165, 1.54) is 4.90 Å². The average molecular weight is 326 g/mol. The number of carboxylic acid groups (broad SMARTS) is 1. The predicted molar refractivity (Wildman–Crippen MR) is 74.8 cm³/mol. The lowest BCUT2D eigenvalue weighted by molar-refractivity contribution is -0.144. The largest absolute Gasteiger partial charge is 0.480 e. The van der Waals surface area contributed by atoms with E-state index in [1.54, 1.807) is 0 Å². The van der Waals surface area contributed by atoms with Crippen molar-refractivity contribution in [3.8, 4) is 0 Å². The van der Waals surface area contributed by atoms with Crippen LogP contribution in [0.15, 0.2) is 28.7 Å². The molecule has 1 aromatic rings. The van der Waals surface area contributed by atoms with E-state index in [4.69, 9.17) is 5.11 Å². The van der Waals surface area contributed by atoms with Gasteiger partial charge in [-0.05, 0) is 30.9 Å². The van der Waals surface area contributed by atoms with Gasteiger partial charge >= 0.3 is 5.97 Å². The second kappa shape index (κ2) is 6.19. The molecular weight excluding hydrogens is 310 g/mol. The molecule has 1 aliphatic rings. The van der Waals surface area contributed by atoms with Gasteiger partial charge in [0.05, 0.1) is 0 Å². The molecular formula is C14H16BrNO3. The van der Waals surface area contributed by atoms with Gasteiger partial charge < -0.3 is 10.0 Å². The molecule has 1 aliphatic carbocycles. The average Bonchev–Trinajstić information content (AvgIpc) is 3.18. The van der Waals surface area contributed by atoms with Crippen molar-refractivity contribution in [2.24, 2.45) is 0 Å². The summed E-state index contributed by atoms with van der Waals surface area (Å²) in [6, 6.07) is 7.91. The minimum Gasteiger partial charge on any atom is -0.480 e. The normalized spacial score (nSPS) is 14.2. The minimum atomic E-state index is -0.943. The van der Waals surface area contributed by atoms with Gasteiger partial charge in [-0.3, -0.25) is 9.59 Å². The number of aryl methyl sites for hydroxylation is 1. The van der Waals surface area contributed by atoms with Crippen molar-refractivity contribution in [1.82, 2.24) is 4.90 Å². The number of carboxylic acids is 1. The summed E-state index contributed by atoms with van der Waals surface area (Å²) in [5, 5.41) is 8.84. The molecule has 0 atom stereocenters. The lowest BCUT2D eigenvalue weighted by Crippen LogP contribution is -2.37. The van der Waals surface area contributed by atoms with Crippen LogP contribution in [0.1, 0.15) is 24.8 Å². The molecule has 0 saturated heterocycles. The van der Waals surface area contributed by atoms with Gasteiger partial charge in [0.2, 0.25) is 5.91 Å². The summed E-state index contributed by atoms with van der Waals surface area (Å²) in [5.41, 5.74) is 1.07. The maximum atomic E-state index is 12.1. The molecule has 0 aliphatic heterocycles. The van der Waals surface area contributed by atoms with Crippen LogP contribution in [-0.4, -0.2) is 34.5 Å². The van der Waals surface area contributed by atoms with E-state index in [0.717, 1.165) is 22.9 Å². The van der Waals surface area contributed by atoms with Crippen molar-refractivity contribution in [1.29, 1.82) is 0 Å². The third-order valence-corrected chi connectivity index (χ3v) is 3.95. The van der Waals surface area contributed by atoms with Crippen molar-refractivity contribution in [2.75, 3.05) is 6.54 Å². The second-order valence-electron chi connectivity index (χ2n) is 4.74. The summed E-state index contributed by atoms with van der Waals surface area (Å²) in [4.78, 5) is 24.4. The Balaban J connectivity index is 1.92. The zero-order valence-electron chi connectivity index (χ0n) is 10.5. The fourth-order valence-electron chi connectivity index (χ4n) is 2.04. The molecule has 5 heteroatoms. The quantitative estimate of drug-likeness (QED) is 0.874. The van der Waals surface area contributed by atoms with Crippen LogP contribution >= 0.6 is 15.9 Å². The van der Waals surface area contributed by atoms with Gasteiger partial charge in [-0.15, -0.1) is 0 Å². The van der Waals surface area contributed by atoms with Gasteiger partial charge in [0.25, 0.3) is 0 Å². The summed E-state index contributed by atoms with van der Waals surface area (Å²) >= 11 is 3.45. The molecule has 19 heavy (non-hydrogen) atoms. The Morgan fingerprint density at radius 2 is 2.00 bits per heavy atom. The van der Waals surface area contributed by atoms with Crippen LogP contribution in [0.2, 0.25) is 0 Å². The van der Waals surface area contributed by atoms with Crippen molar-refractivity contribution in [3.63, 3.8) is 0 Å². The number of halogens is 1. The highest BCUT2D eigenvalue weighted by atomic mass is 79.9. The summed E-state index contributed by atoms with van der Waals surface area (Å²) in [6.45, 7) is -0.181. The Kier molecular flexibility index (Phi) is 4.58. The highest BCUT2D eigenvalue weighted by Gasteiger charge is 2.33. The molecule has 0 unspecified atom stereocenters. The molecule has 0 bridgehead atoms. The van der Waals surface area contributed by atoms with Crippen molar-refractivity contribution < 1.29 is 14.7 Å². The zero-order valence-corrected chi connectivity index (χ0v) is 12.1. The monoisotopic (exact) mass is 325 g/mol.